The SMILES string of the molecule is C=CCCC(=O)NC[C@@H](C)OC(=O)[C@@H]1[C@@H]2CC[C@]3(O2)[C@H](C(=O)N(CC=C)C(C)CCC)N([C@@H](CO)C(C)C)C(=O)[C@@H]13. The number of nitrogens with zero attached hydrogens (tertiary/aromatic N) is 2. The van der Waals surface area contributed by atoms with Crippen molar-refractivity contribution >= 4 is 23.7 Å². The van der Waals surface area contributed by atoms with E-state index in [2.05, 4.69) is 25.4 Å². The van der Waals surface area contributed by atoms with Gasteiger partial charge in [-0.3, -0.25) is 19.2 Å². The topological polar surface area (TPSA) is 125 Å². The molecule has 0 aliphatic carbocycles. The molecule has 10 heteroatoms. The fraction of sp³-hybridized carbons (Fsp3) is 0.742. The second-order valence-electron chi connectivity index (χ2n) is 12.1. The number of likely N-dealkylation sites (tertiary alicyclic amines) is 1. The number of allylic oxidation sites excluding steroid dienone is 1. The third-order valence-electron chi connectivity index (χ3n) is 8.88. The number of hydrogen-bond acceptors (Lipinski definition) is 7. The molecule has 0 radical (unpaired) electrons. The van der Waals surface area contributed by atoms with Gasteiger partial charge in [-0.05, 0) is 45.4 Å². The van der Waals surface area contributed by atoms with Crippen LogP contribution in [0.2, 0.25) is 0 Å². The number of ether oxygens (including phenoxy) is 2. The van der Waals surface area contributed by atoms with Gasteiger partial charge in [0.05, 0.1) is 37.1 Å². The van der Waals surface area contributed by atoms with E-state index < -0.39 is 47.7 Å². The molecule has 2 N–H and O–H groups in total. The third-order valence-corrected chi connectivity index (χ3v) is 8.88. The Balaban J connectivity index is 1.92. The highest BCUT2D eigenvalue weighted by molar-refractivity contribution is 5.98. The Hall–Kier alpha value is -2.72. The lowest BCUT2D eigenvalue weighted by atomic mass is 9.70. The number of fused-ring (bicyclic) bond motifs is 1. The van der Waals surface area contributed by atoms with Crippen LogP contribution in [0.3, 0.4) is 0 Å². The van der Waals surface area contributed by atoms with Crippen LogP contribution in [0, 0.1) is 17.8 Å². The maximum atomic E-state index is 14.4. The van der Waals surface area contributed by atoms with E-state index in [1.807, 2.05) is 20.8 Å². The Kier molecular flexibility index (Phi) is 11.2. The molecule has 3 rings (SSSR count). The minimum Gasteiger partial charge on any atom is -0.460 e. The molecule has 8 atom stereocenters. The summed E-state index contributed by atoms with van der Waals surface area (Å²) < 4.78 is 12.3. The highest BCUT2D eigenvalue weighted by Crippen LogP contribution is 2.59. The van der Waals surface area contributed by atoms with E-state index in [-0.39, 0.29) is 42.8 Å². The van der Waals surface area contributed by atoms with E-state index in [9.17, 15) is 24.3 Å². The minimum atomic E-state index is -1.18. The Morgan fingerprint density at radius 2 is 1.95 bits per heavy atom. The number of nitrogens with one attached hydrogen (secondary N) is 1. The van der Waals surface area contributed by atoms with Crippen molar-refractivity contribution < 1.29 is 33.8 Å². The number of hydrogen-bond donors (Lipinski definition) is 2. The minimum absolute atomic E-state index is 0.0913. The molecule has 3 heterocycles. The van der Waals surface area contributed by atoms with Gasteiger partial charge in [0.25, 0.3) is 0 Å². The molecule has 3 aliphatic rings. The summed E-state index contributed by atoms with van der Waals surface area (Å²) in [6, 6.07) is -1.68. The molecule has 1 spiro atoms. The first-order chi connectivity index (χ1) is 19.5. The maximum absolute atomic E-state index is 14.4. The third kappa shape index (κ3) is 6.38. The molecule has 2 bridgehead atoms. The normalized spacial score (nSPS) is 28.7. The molecule has 3 saturated heterocycles. The van der Waals surface area contributed by atoms with E-state index in [0.29, 0.717) is 32.2 Å². The van der Waals surface area contributed by atoms with Gasteiger partial charge in [0, 0.05) is 19.0 Å². The predicted octanol–water partition coefficient (Wildman–Crippen LogP) is 2.60. The van der Waals surface area contributed by atoms with Crippen molar-refractivity contribution in [2.45, 2.75) is 109 Å². The Morgan fingerprint density at radius 1 is 1.24 bits per heavy atom. The number of carbonyl (C=O) groups is 4. The van der Waals surface area contributed by atoms with Crippen molar-refractivity contribution in [3.05, 3.63) is 25.3 Å². The molecule has 3 amide bonds. The second kappa shape index (κ2) is 14.0. The van der Waals surface area contributed by atoms with E-state index in [1.54, 1.807) is 24.0 Å². The van der Waals surface area contributed by atoms with Crippen LogP contribution in [-0.2, 0) is 28.7 Å². The largest absolute Gasteiger partial charge is 0.460 e. The van der Waals surface area contributed by atoms with Gasteiger partial charge in [0.2, 0.25) is 17.7 Å². The molecule has 10 nitrogen and oxygen atoms in total. The van der Waals surface area contributed by atoms with Crippen LogP contribution in [0.15, 0.2) is 25.3 Å². The van der Waals surface area contributed by atoms with E-state index in [1.165, 1.54) is 4.90 Å². The van der Waals surface area contributed by atoms with Gasteiger partial charge < -0.3 is 29.7 Å². The smallest absolute Gasteiger partial charge is 0.312 e. The van der Waals surface area contributed by atoms with Crippen LogP contribution in [-0.4, -0.2) is 94.2 Å². The molecule has 0 aromatic carbocycles. The highest BCUT2D eigenvalue weighted by Gasteiger charge is 2.75. The molecule has 1 unspecified atom stereocenters. The summed E-state index contributed by atoms with van der Waals surface area (Å²) >= 11 is 0. The van der Waals surface area contributed by atoms with Gasteiger partial charge in [0.1, 0.15) is 17.7 Å². The lowest BCUT2D eigenvalue weighted by molar-refractivity contribution is -0.160. The van der Waals surface area contributed by atoms with Crippen molar-refractivity contribution in [3.8, 4) is 0 Å². The van der Waals surface area contributed by atoms with E-state index >= 15 is 0 Å². The van der Waals surface area contributed by atoms with Crippen LogP contribution in [0.1, 0.15) is 73.1 Å². The Morgan fingerprint density at radius 3 is 2.54 bits per heavy atom. The zero-order valence-electron chi connectivity index (χ0n) is 25.3. The lowest BCUT2D eigenvalue weighted by Gasteiger charge is -2.41. The standard InChI is InChI=1S/C31H49N3O7/c1-8-11-13-24(36)32-17-21(7)40-30(39)25-23-14-15-31(41-23)26(25)28(37)34(22(18-35)19(4)5)27(31)29(38)33(16-10-3)20(6)12-9-2/h8,10,19-23,25-27,35H,1,3,9,11-18H2,2,4-7H3,(H,32,36)/t20?,21-,22+,23+,25-,26-,27+,31-/m1/s1. The summed E-state index contributed by atoms with van der Waals surface area (Å²) in [5.41, 5.74) is -1.18. The van der Waals surface area contributed by atoms with Gasteiger partial charge >= 0.3 is 5.97 Å². The summed E-state index contributed by atoms with van der Waals surface area (Å²) in [7, 11) is 0. The number of amides is 3. The van der Waals surface area contributed by atoms with Gasteiger partial charge in [0.15, 0.2) is 0 Å². The van der Waals surface area contributed by atoms with Crippen LogP contribution in [0.5, 0.6) is 0 Å². The average molecular weight is 576 g/mol. The zero-order valence-corrected chi connectivity index (χ0v) is 25.3. The molecule has 0 saturated carbocycles. The monoisotopic (exact) mass is 575 g/mol. The maximum Gasteiger partial charge on any atom is 0.312 e. The number of carbonyl (C=O) groups excluding carboxylic acids is 4. The summed E-state index contributed by atoms with van der Waals surface area (Å²) in [6.07, 6.45) is 5.67. The van der Waals surface area contributed by atoms with Gasteiger partial charge in [-0.2, -0.15) is 0 Å². The second-order valence-corrected chi connectivity index (χ2v) is 12.1. The average Bonchev–Trinajstić information content (AvgIpc) is 3.57. The quantitative estimate of drug-likeness (QED) is 0.214. The molecular formula is C31H49N3O7. The first kappa shape index (κ1) is 32.8. The van der Waals surface area contributed by atoms with Crippen molar-refractivity contribution in [3.63, 3.8) is 0 Å². The molecular weight excluding hydrogens is 526 g/mol. The summed E-state index contributed by atoms with van der Waals surface area (Å²) in [4.78, 5) is 57.5. The molecule has 41 heavy (non-hydrogen) atoms. The fourth-order valence-corrected chi connectivity index (χ4v) is 6.87. The predicted molar refractivity (Wildman–Crippen MR) is 154 cm³/mol. The molecule has 0 aromatic rings. The molecule has 3 aliphatic heterocycles. The van der Waals surface area contributed by atoms with Crippen molar-refractivity contribution in [2.75, 3.05) is 19.7 Å². The lowest BCUT2D eigenvalue weighted by Crippen LogP contribution is -2.60. The van der Waals surface area contributed by atoms with Crippen LogP contribution < -0.4 is 5.32 Å². The first-order valence-electron chi connectivity index (χ1n) is 15.1. The van der Waals surface area contributed by atoms with E-state index in [4.69, 9.17) is 9.47 Å². The zero-order chi connectivity index (χ0) is 30.5. The van der Waals surface area contributed by atoms with Gasteiger partial charge in [-0.15, -0.1) is 13.2 Å². The fourth-order valence-electron chi connectivity index (χ4n) is 6.87. The summed E-state index contributed by atoms with van der Waals surface area (Å²) in [6.45, 7) is 17.1. The molecule has 3 fully saturated rings. The molecule has 230 valence electrons. The molecule has 0 aromatic heterocycles. The van der Waals surface area contributed by atoms with E-state index in [0.717, 1.165) is 12.8 Å². The number of aliphatic hydroxyl groups is 1. The van der Waals surface area contributed by atoms with Crippen molar-refractivity contribution in [2.24, 2.45) is 17.8 Å². The van der Waals surface area contributed by atoms with Gasteiger partial charge in [-0.1, -0.05) is 39.3 Å². The van der Waals surface area contributed by atoms with Crippen molar-refractivity contribution in [1.29, 1.82) is 0 Å². The van der Waals surface area contributed by atoms with Crippen LogP contribution in [0.4, 0.5) is 0 Å². The number of rotatable bonds is 16. The number of aliphatic hydroxyl groups excluding tert-OH is 1. The summed E-state index contributed by atoms with van der Waals surface area (Å²) in [5, 5.41) is 13.1. The first-order valence-corrected chi connectivity index (χ1v) is 15.1. The highest BCUT2D eigenvalue weighted by atomic mass is 16.6. The number of esters is 1. The van der Waals surface area contributed by atoms with Gasteiger partial charge in [-0.25, -0.2) is 0 Å². The summed E-state index contributed by atoms with van der Waals surface area (Å²) in [5.74, 6) is -3.23. The Bertz CT molecular complexity index is 1000. The Labute approximate surface area is 244 Å². The van der Waals surface area contributed by atoms with Crippen molar-refractivity contribution in [1.82, 2.24) is 15.1 Å². The van der Waals surface area contributed by atoms with Crippen LogP contribution in [0.25, 0.3) is 0 Å². The van der Waals surface area contributed by atoms with Crippen LogP contribution >= 0.6 is 0 Å².